The molecule has 0 aliphatic carbocycles. The van der Waals surface area contributed by atoms with Crippen molar-refractivity contribution in [1.82, 2.24) is 4.98 Å². The fourth-order valence-corrected chi connectivity index (χ4v) is 4.07. The largest absolute Gasteiger partial charge is 0.487 e. The quantitative estimate of drug-likeness (QED) is 0.241. The van der Waals surface area contributed by atoms with E-state index in [0.717, 1.165) is 38.7 Å². The summed E-state index contributed by atoms with van der Waals surface area (Å²) < 4.78 is 25.6. The van der Waals surface area contributed by atoms with Gasteiger partial charge in [-0.15, -0.1) is 0 Å². The molecule has 0 amide bonds. The Labute approximate surface area is 207 Å². The first kappa shape index (κ1) is 23.5. The smallest absolute Gasteiger partial charge is 0.338 e. The number of para-hydroxylation sites is 1. The number of aromatic nitrogens is 1. The molecule has 0 saturated heterocycles. The van der Waals surface area contributed by atoms with Crippen LogP contribution in [0.3, 0.4) is 0 Å². The fraction of sp³-hybridized carbons (Fsp3) is 0.133. The lowest BCUT2D eigenvalue weighted by Crippen LogP contribution is -2.03. The van der Waals surface area contributed by atoms with Crippen molar-refractivity contribution < 1.29 is 23.8 Å². The van der Waals surface area contributed by atoms with E-state index in [1.54, 1.807) is 6.07 Å². The molecule has 5 aromatic rings. The normalized spacial score (nSPS) is 11.1. The number of aromatic carboxylic acids is 1. The first-order valence-corrected chi connectivity index (χ1v) is 11.6. The molecular weight excluding hydrogens is 457 g/mol. The third-order valence-electron chi connectivity index (χ3n) is 5.99. The number of halogens is 1. The summed E-state index contributed by atoms with van der Waals surface area (Å²) in [6, 6.07) is 28.3. The number of pyridine rings is 1. The third kappa shape index (κ3) is 5.50. The molecule has 1 aromatic heterocycles. The molecule has 6 heteroatoms. The van der Waals surface area contributed by atoms with E-state index >= 15 is 0 Å². The first-order valence-electron chi connectivity index (χ1n) is 11.6. The van der Waals surface area contributed by atoms with E-state index in [9.17, 15) is 9.18 Å². The van der Waals surface area contributed by atoms with Gasteiger partial charge in [0.15, 0.2) is 0 Å². The van der Waals surface area contributed by atoms with E-state index in [2.05, 4.69) is 17.1 Å². The number of ether oxygens (including phenoxy) is 2. The zero-order valence-corrected chi connectivity index (χ0v) is 19.5. The Balaban J connectivity index is 1.18. The molecule has 0 radical (unpaired) electrons. The molecule has 4 aromatic carbocycles. The van der Waals surface area contributed by atoms with E-state index in [-0.39, 0.29) is 5.56 Å². The van der Waals surface area contributed by atoms with Crippen LogP contribution in [-0.4, -0.2) is 22.7 Å². The second kappa shape index (κ2) is 10.5. The summed E-state index contributed by atoms with van der Waals surface area (Å²) in [5, 5.41) is 12.2. The number of carboxylic acid groups (broad SMARTS) is 1. The molecule has 0 fully saturated rings. The Morgan fingerprint density at radius 3 is 2.47 bits per heavy atom. The van der Waals surface area contributed by atoms with Crippen LogP contribution >= 0.6 is 0 Å². The first-order chi connectivity index (χ1) is 17.5. The fourth-order valence-electron chi connectivity index (χ4n) is 4.07. The van der Waals surface area contributed by atoms with Crippen molar-refractivity contribution in [3.05, 3.63) is 119 Å². The molecule has 1 heterocycles. The molecule has 0 spiro atoms. The van der Waals surface area contributed by atoms with Crippen molar-refractivity contribution >= 4 is 27.6 Å². The summed E-state index contributed by atoms with van der Waals surface area (Å²) in [7, 11) is 0. The van der Waals surface area contributed by atoms with E-state index in [1.165, 1.54) is 12.1 Å². The minimum absolute atomic E-state index is 0.326. The second-order valence-electron chi connectivity index (χ2n) is 8.55. The number of hydrogen-bond donors (Lipinski definition) is 1. The molecule has 0 aliphatic heterocycles. The maximum Gasteiger partial charge on any atom is 0.338 e. The van der Waals surface area contributed by atoms with Gasteiger partial charge in [0.05, 0.1) is 30.0 Å². The highest BCUT2D eigenvalue weighted by molar-refractivity contribution is 5.88. The van der Waals surface area contributed by atoms with Gasteiger partial charge in [0, 0.05) is 5.39 Å². The molecule has 36 heavy (non-hydrogen) atoms. The van der Waals surface area contributed by atoms with Crippen molar-refractivity contribution in [2.45, 2.75) is 19.6 Å². The Hall–Kier alpha value is -4.29. The monoisotopic (exact) mass is 481 g/mol. The van der Waals surface area contributed by atoms with Crippen LogP contribution in [0.15, 0.2) is 91.0 Å². The highest BCUT2D eigenvalue weighted by atomic mass is 19.1. The Morgan fingerprint density at radius 1 is 0.806 bits per heavy atom. The standard InChI is InChI=1S/C30H24FNO4/c31-28-16-20(6-12-27(28)30(33)34)13-14-35-18-21-5-7-22-9-11-26(17-24(22)15-21)36-19-25-10-8-23-3-1-2-4-29(23)32-25/h1-12,15-17H,13-14,18-19H2,(H,33,34). The van der Waals surface area contributed by atoms with E-state index in [1.807, 2.05) is 60.7 Å². The van der Waals surface area contributed by atoms with Crippen LogP contribution in [0.2, 0.25) is 0 Å². The van der Waals surface area contributed by atoms with Crippen molar-refractivity contribution in [3.8, 4) is 5.75 Å². The van der Waals surface area contributed by atoms with Gasteiger partial charge in [-0.05, 0) is 70.8 Å². The van der Waals surface area contributed by atoms with Crippen LogP contribution in [0.5, 0.6) is 5.75 Å². The van der Waals surface area contributed by atoms with Crippen LogP contribution in [0.1, 0.15) is 27.2 Å². The summed E-state index contributed by atoms with van der Waals surface area (Å²) >= 11 is 0. The van der Waals surface area contributed by atoms with Crippen molar-refractivity contribution in [2.24, 2.45) is 0 Å². The number of benzene rings is 4. The number of rotatable bonds is 9. The lowest BCUT2D eigenvalue weighted by molar-refractivity contribution is 0.0692. The molecule has 5 nitrogen and oxygen atoms in total. The number of carbonyl (C=O) groups is 1. The number of nitrogens with zero attached hydrogens (tertiary/aromatic N) is 1. The maximum absolute atomic E-state index is 13.8. The van der Waals surface area contributed by atoms with Crippen molar-refractivity contribution in [2.75, 3.05) is 6.61 Å². The summed E-state index contributed by atoms with van der Waals surface area (Å²) in [5.74, 6) is -1.24. The predicted molar refractivity (Wildman–Crippen MR) is 137 cm³/mol. The number of fused-ring (bicyclic) bond motifs is 2. The molecule has 5 rings (SSSR count). The van der Waals surface area contributed by atoms with E-state index in [0.29, 0.717) is 31.8 Å². The Morgan fingerprint density at radius 2 is 1.61 bits per heavy atom. The van der Waals surface area contributed by atoms with Gasteiger partial charge < -0.3 is 14.6 Å². The molecule has 0 atom stereocenters. The van der Waals surface area contributed by atoms with Gasteiger partial charge in [-0.25, -0.2) is 14.2 Å². The molecule has 0 unspecified atom stereocenters. The second-order valence-corrected chi connectivity index (χ2v) is 8.55. The third-order valence-corrected chi connectivity index (χ3v) is 5.99. The van der Waals surface area contributed by atoms with Crippen LogP contribution in [0.25, 0.3) is 21.7 Å². The Bertz CT molecular complexity index is 1550. The van der Waals surface area contributed by atoms with Gasteiger partial charge >= 0.3 is 5.97 Å². The zero-order valence-electron chi connectivity index (χ0n) is 19.5. The minimum atomic E-state index is -1.27. The number of hydrogen-bond acceptors (Lipinski definition) is 4. The molecule has 1 N–H and O–H groups in total. The molecule has 0 bridgehead atoms. The lowest BCUT2D eigenvalue weighted by Gasteiger charge is -2.10. The van der Waals surface area contributed by atoms with Crippen molar-refractivity contribution in [3.63, 3.8) is 0 Å². The summed E-state index contributed by atoms with van der Waals surface area (Å²) in [5.41, 5.74) is 3.20. The number of carboxylic acids is 1. The highest BCUT2D eigenvalue weighted by Crippen LogP contribution is 2.24. The van der Waals surface area contributed by atoms with E-state index in [4.69, 9.17) is 14.6 Å². The van der Waals surface area contributed by atoms with Gasteiger partial charge in [-0.2, -0.15) is 0 Å². The molecular formula is C30H24FNO4. The van der Waals surface area contributed by atoms with Crippen molar-refractivity contribution in [1.29, 1.82) is 0 Å². The highest BCUT2D eigenvalue weighted by Gasteiger charge is 2.10. The van der Waals surface area contributed by atoms with Crippen LogP contribution in [0.4, 0.5) is 4.39 Å². The minimum Gasteiger partial charge on any atom is -0.487 e. The van der Waals surface area contributed by atoms with Crippen LogP contribution < -0.4 is 4.74 Å². The van der Waals surface area contributed by atoms with Gasteiger partial charge in [-0.3, -0.25) is 0 Å². The lowest BCUT2D eigenvalue weighted by atomic mass is 10.1. The van der Waals surface area contributed by atoms with Crippen LogP contribution in [0, 0.1) is 5.82 Å². The average molecular weight is 482 g/mol. The summed E-state index contributed by atoms with van der Waals surface area (Å²) in [6.07, 6.45) is 0.491. The Kier molecular flexibility index (Phi) is 6.87. The van der Waals surface area contributed by atoms with Gasteiger partial charge in [0.2, 0.25) is 0 Å². The topological polar surface area (TPSA) is 68.7 Å². The van der Waals surface area contributed by atoms with Gasteiger partial charge in [0.1, 0.15) is 18.2 Å². The van der Waals surface area contributed by atoms with Crippen LogP contribution in [-0.2, 0) is 24.4 Å². The predicted octanol–water partition coefficient (Wildman–Crippen LogP) is 6.56. The molecule has 0 aliphatic rings. The van der Waals surface area contributed by atoms with E-state index < -0.39 is 11.8 Å². The van der Waals surface area contributed by atoms with Gasteiger partial charge in [-0.1, -0.05) is 48.5 Å². The molecule has 0 saturated carbocycles. The SMILES string of the molecule is O=C(O)c1ccc(CCOCc2ccc3ccc(OCc4ccc5ccccc5n4)cc3c2)cc1F. The van der Waals surface area contributed by atoms with Gasteiger partial charge in [0.25, 0.3) is 0 Å². The molecule has 180 valence electrons. The zero-order chi connectivity index (χ0) is 24.9. The average Bonchev–Trinajstić information content (AvgIpc) is 2.89. The maximum atomic E-state index is 13.8. The summed E-state index contributed by atoms with van der Waals surface area (Å²) in [4.78, 5) is 15.6. The summed E-state index contributed by atoms with van der Waals surface area (Å²) in [6.45, 7) is 1.19.